The third-order valence-electron chi connectivity index (χ3n) is 4.53. The molecule has 27 heavy (non-hydrogen) atoms. The van der Waals surface area contributed by atoms with Crippen molar-refractivity contribution in [3.05, 3.63) is 53.7 Å². The lowest BCUT2D eigenvalue weighted by Crippen LogP contribution is -2.44. The van der Waals surface area contributed by atoms with E-state index >= 15 is 0 Å². The number of benzene rings is 1. The van der Waals surface area contributed by atoms with E-state index in [9.17, 15) is 9.59 Å². The number of hydrogen-bond donors (Lipinski definition) is 2. The number of hydrogen-bond acceptors (Lipinski definition) is 5. The molecule has 0 aliphatic carbocycles. The average molecular weight is 367 g/mol. The fourth-order valence-electron chi connectivity index (χ4n) is 2.97. The number of likely N-dealkylation sites (N-methyl/N-ethyl adjacent to an activating group) is 1. The van der Waals surface area contributed by atoms with Crippen molar-refractivity contribution in [1.29, 1.82) is 0 Å². The van der Waals surface area contributed by atoms with Crippen molar-refractivity contribution in [1.82, 2.24) is 15.2 Å². The van der Waals surface area contributed by atoms with Gasteiger partial charge in [-0.05, 0) is 36.9 Å². The van der Waals surface area contributed by atoms with E-state index in [0.29, 0.717) is 17.8 Å². The lowest BCUT2D eigenvalue weighted by atomic mass is 10.2. The van der Waals surface area contributed by atoms with Crippen molar-refractivity contribution < 1.29 is 9.59 Å². The Morgan fingerprint density at radius 1 is 1.11 bits per heavy atom. The summed E-state index contributed by atoms with van der Waals surface area (Å²) < 4.78 is 0. The zero-order valence-electron chi connectivity index (χ0n) is 15.7. The van der Waals surface area contributed by atoms with Gasteiger partial charge in [-0.2, -0.15) is 0 Å². The van der Waals surface area contributed by atoms with E-state index in [0.717, 1.165) is 37.6 Å². The maximum Gasteiger partial charge on any atom is 0.251 e. The van der Waals surface area contributed by atoms with Gasteiger partial charge in [-0.15, -0.1) is 0 Å². The lowest BCUT2D eigenvalue weighted by molar-refractivity contribution is -0.114. The topological polar surface area (TPSA) is 77.6 Å². The van der Waals surface area contributed by atoms with Gasteiger partial charge in [-0.25, -0.2) is 4.98 Å². The molecule has 2 N–H and O–H groups in total. The second kappa shape index (κ2) is 8.64. The van der Waals surface area contributed by atoms with Gasteiger partial charge in [0.15, 0.2) is 0 Å². The highest BCUT2D eigenvalue weighted by Gasteiger charge is 2.15. The average Bonchev–Trinajstić information content (AvgIpc) is 2.67. The number of pyridine rings is 1. The summed E-state index contributed by atoms with van der Waals surface area (Å²) in [6, 6.07) is 10.9. The number of carbonyl (C=O) groups is 2. The lowest BCUT2D eigenvalue weighted by Gasteiger charge is -2.33. The number of carbonyl (C=O) groups excluding carboxylic acids is 2. The van der Waals surface area contributed by atoms with E-state index < -0.39 is 0 Å². The Hall–Kier alpha value is -2.93. The Morgan fingerprint density at radius 2 is 1.89 bits per heavy atom. The van der Waals surface area contributed by atoms with Crippen LogP contribution < -0.4 is 15.5 Å². The highest BCUT2D eigenvalue weighted by atomic mass is 16.2. The predicted octanol–water partition coefficient (Wildman–Crippen LogP) is 1.72. The first-order valence-electron chi connectivity index (χ1n) is 9.05. The first-order chi connectivity index (χ1) is 13.0. The Bertz CT molecular complexity index is 798. The minimum absolute atomic E-state index is 0.168. The maximum atomic E-state index is 12.3. The maximum absolute atomic E-state index is 12.3. The van der Waals surface area contributed by atoms with Crippen molar-refractivity contribution in [3.63, 3.8) is 0 Å². The molecule has 1 aromatic carbocycles. The molecule has 2 amide bonds. The summed E-state index contributed by atoms with van der Waals surface area (Å²) in [7, 11) is 2.13. The summed E-state index contributed by atoms with van der Waals surface area (Å²) in [6.07, 6.45) is 1.81. The molecule has 0 bridgehead atoms. The number of nitrogens with one attached hydrogen (secondary N) is 2. The van der Waals surface area contributed by atoms with Gasteiger partial charge < -0.3 is 20.4 Å². The smallest absolute Gasteiger partial charge is 0.251 e. The van der Waals surface area contributed by atoms with E-state index in [4.69, 9.17) is 0 Å². The molecule has 1 aliphatic rings. The number of rotatable bonds is 5. The molecule has 1 aliphatic heterocycles. The van der Waals surface area contributed by atoms with Gasteiger partial charge in [0.1, 0.15) is 5.82 Å². The van der Waals surface area contributed by atoms with E-state index in [1.165, 1.54) is 6.92 Å². The Labute approximate surface area is 159 Å². The van der Waals surface area contributed by atoms with Gasteiger partial charge in [0, 0.05) is 57.1 Å². The van der Waals surface area contributed by atoms with Crippen molar-refractivity contribution >= 4 is 23.3 Å². The van der Waals surface area contributed by atoms with Crippen molar-refractivity contribution in [2.75, 3.05) is 43.4 Å². The zero-order valence-corrected chi connectivity index (χ0v) is 15.7. The minimum Gasteiger partial charge on any atom is -0.354 e. The third-order valence-corrected chi connectivity index (χ3v) is 4.53. The molecule has 0 radical (unpaired) electrons. The van der Waals surface area contributed by atoms with E-state index in [-0.39, 0.29) is 11.8 Å². The summed E-state index contributed by atoms with van der Waals surface area (Å²) in [6.45, 7) is 5.87. The summed E-state index contributed by atoms with van der Waals surface area (Å²) >= 11 is 0. The molecule has 0 spiro atoms. The molecule has 7 heteroatoms. The predicted molar refractivity (Wildman–Crippen MR) is 106 cm³/mol. The summed E-state index contributed by atoms with van der Waals surface area (Å²) in [5.74, 6) is 0.616. The van der Waals surface area contributed by atoms with E-state index in [1.807, 2.05) is 18.3 Å². The van der Waals surface area contributed by atoms with Crippen LogP contribution in [0.1, 0.15) is 22.8 Å². The second-order valence-corrected chi connectivity index (χ2v) is 6.76. The van der Waals surface area contributed by atoms with Gasteiger partial charge in [0.25, 0.3) is 5.91 Å². The van der Waals surface area contributed by atoms with Gasteiger partial charge in [-0.3, -0.25) is 9.59 Å². The molecule has 1 fully saturated rings. The Balaban J connectivity index is 1.55. The fraction of sp³-hybridized carbons (Fsp3) is 0.350. The molecular formula is C20H25N5O2. The van der Waals surface area contributed by atoms with Crippen molar-refractivity contribution in [2.24, 2.45) is 0 Å². The van der Waals surface area contributed by atoms with Crippen LogP contribution in [0, 0.1) is 0 Å². The number of piperazine rings is 1. The van der Waals surface area contributed by atoms with Crippen LogP contribution in [0.3, 0.4) is 0 Å². The molecule has 0 atom stereocenters. The molecule has 2 heterocycles. The molecule has 1 saturated heterocycles. The third kappa shape index (κ3) is 5.27. The Morgan fingerprint density at radius 3 is 2.56 bits per heavy atom. The van der Waals surface area contributed by atoms with Crippen LogP contribution in [0.15, 0.2) is 42.6 Å². The first kappa shape index (κ1) is 18.8. The van der Waals surface area contributed by atoms with Gasteiger partial charge >= 0.3 is 0 Å². The quantitative estimate of drug-likeness (QED) is 0.841. The molecule has 2 aromatic rings. The summed E-state index contributed by atoms with van der Waals surface area (Å²) in [4.78, 5) is 32.6. The largest absolute Gasteiger partial charge is 0.354 e. The molecule has 0 saturated carbocycles. The highest BCUT2D eigenvalue weighted by Crippen LogP contribution is 2.14. The minimum atomic E-state index is -0.189. The monoisotopic (exact) mass is 367 g/mol. The van der Waals surface area contributed by atoms with Crippen LogP contribution in [0.4, 0.5) is 11.5 Å². The van der Waals surface area contributed by atoms with E-state index in [1.54, 1.807) is 24.3 Å². The number of anilines is 2. The van der Waals surface area contributed by atoms with Gasteiger partial charge in [-0.1, -0.05) is 12.1 Å². The van der Waals surface area contributed by atoms with Crippen LogP contribution in [-0.2, 0) is 11.3 Å². The van der Waals surface area contributed by atoms with Crippen LogP contribution in [-0.4, -0.2) is 54.9 Å². The van der Waals surface area contributed by atoms with E-state index in [2.05, 4.69) is 32.5 Å². The zero-order chi connectivity index (χ0) is 19.2. The molecule has 7 nitrogen and oxygen atoms in total. The fourth-order valence-corrected chi connectivity index (χ4v) is 2.97. The van der Waals surface area contributed by atoms with Crippen LogP contribution in [0.2, 0.25) is 0 Å². The van der Waals surface area contributed by atoms with Gasteiger partial charge in [0.05, 0.1) is 0 Å². The molecular weight excluding hydrogens is 342 g/mol. The molecule has 3 rings (SSSR count). The number of amides is 2. The Kier molecular flexibility index (Phi) is 6.03. The summed E-state index contributed by atoms with van der Waals surface area (Å²) in [5.41, 5.74) is 2.05. The van der Waals surface area contributed by atoms with Crippen LogP contribution in [0.25, 0.3) is 0 Å². The number of nitrogens with zero attached hydrogens (tertiary/aromatic N) is 3. The highest BCUT2D eigenvalue weighted by molar-refractivity contribution is 5.96. The van der Waals surface area contributed by atoms with Crippen molar-refractivity contribution in [2.45, 2.75) is 13.5 Å². The second-order valence-electron chi connectivity index (χ2n) is 6.76. The normalized spacial score (nSPS) is 14.7. The molecule has 0 unspecified atom stereocenters. The SMILES string of the molecule is CC(=O)Nc1cccc(C(=O)NCc2ccc(N3CCN(C)CC3)nc2)c1. The summed E-state index contributed by atoms with van der Waals surface area (Å²) in [5, 5.41) is 5.57. The van der Waals surface area contributed by atoms with Gasteiger partial charge in [0.2, 0.25) is 5.91 Å². The first-order valence-corrected chi connectivity index (χ1v) is 9.05. The standard InChI is InChI=1S/C20H25N5O2/c1-15(26)23-18-5-3-4-17(12-18)20(27)22-14-16-6-7-19(21-13-16)25-10-8-24(2)9-11-25/h3-7,12-13H,8-11,14H2,1-2H3,(H,22,27)(H,23,26). The van der Waals surface area contributed by atoms with Crippen LogP contribution >= 0.6 is 0 Å². The molecule has 1 aromatic heterocycles. The van der Waals surface area contributed by atoms with Crippen LogP contribution in [0.5, 0.6) is 0 Å². The molecule has 142 valence electrons. The number of aromatic nitrogens is 1. The van der Waals surface area contributed by atoms with Crippen molar-refractivity contribution in [3.8, 4) is 0 Å².